The predicted octanol–water partition coefficient (Wildman–Crippen LogP) is 3.79. The van der Waals surface area contributed by atoms with Crippen LogP contribution in [0.5, 0.6) is 5.75 Å². The van der Waals surface area contributed by atoms with Gasteiger partial charge in [0.15, 0.2) is 0 Å². The maximum absolute atomic E-state index is 6.08. The van der Waals surface area contributed by atoms with Crippen LogP contribution in [0.4, 0.5) is 0 Å². The highest BCUT2D eigenvalue weighted by atomic mass is 16.5. The van der Waals surface area contributed by atoms with E-state index < -0.39 is 0 Å². The first kappa shape index (κ1) is 18.5. The number of hydrogen-bond acceptors (Lipinski definition) is 3. The maximum atomic E-state index is 6.08. The molecular weight excluding hydrogens is 296 g/mol. The highest BCUT2D eigenvalue weighted by Gasteiger charge is 2.05. The number of hydrogen-bond donors (Lipinski definition) is 2. The van der Waals surface area contributed by atoms with Gasteiger partial charge in [-0.1, -0.05) is 42.5 Å². The Kier molecular flexibility index (Phi) is 8.36. The smallest absolute Gasteiger partial charge is 0.120 e. The van der Waals surface area contributed by atoms with Crippen LogP contribution in [0.2, 0.25) is 0 Å². The lowest BCUT2D eigenvalue weighted by Gasteiger charge is -2.15. The minimum absolute atomic E-state index is 0.212. The molecule has 0 radical (unpaired) electrons. The fourth-order valence-corrected chi connectivity index (χ4v) is 2.66. The second kappa shape index (κ2) is 10.8. The lowest BCUT2D eigenvalue weighted by atomic mass is 10.1. The molecule has 1 atom stereocenters. The van der Waals surface area contributed by atoms with E-state index >= 15 is 0 Å². The molecule has 0 spiro atoms. The van der Waals surface area contributed by atoms with Gasteiger partial charge in [-0.15, -0.1) is 0 Å². The summed E-state index contributed by atoms with van der Waals surface area (Å²) in [5.41, 5.74) is 2.64. The summed E-state index contributed by atoms with van der Waals surface area (Å²) in [6.07, 6.45) is 3.43. The van der Waals surface area contributed by atoms with Gasteiger partial charge < -0.3 is 15.4 Å². The molecule has 0 bridgehead atoms. The molecule has 0 aliphatic rings. The monoisotopic (exact) mass is 326 g/mol. The van der Waals surface area contributed by atoms with E-state index in [1.807, 2.05) is 13.1 Å². The Bertz CT molecular complexity index is 571. The maximum Gasteiger partial charge on any atom is 0.120 e. The van der Waals surface area contributed by atoms with Crippen molar-refractivity contribution in [3.05, 3.63) is 65.7 Å². The van der Waals surface area contributed by atoms with E-state index in [-0.39, 0.29) is 6.10 Å². The normalized spacial score (nSPS) is 12.1. The second-order valence-electron chi connectivity index (χ2n) is 6.23. The van der Waals surface area contributed by atoms with Gasteiger partial charge >= 0.3 is 0 Å². The van der Waals surface area contributed by atoms with E-state index in [1.54, 1.807) is 0 Å². The van der Waals surface area contributed by atoms with Gasteiger partial charge in [0.1, 0.15) is 5.75 Å². The Morgan fingerprint density at radius 2 is 1.75 bits per heavy atom. The largest absolute Gasteiger partial charge is 0.491 e. The molecule has 0 aliphatic heterocycles. The fraction of sp³-hybridized carbons (Fsp3) is 0.429. The minimum atomic E-state index is 0.212. The summed E-state index contributed by atoms with van der Waals surface area (Å²) in [6, 6.07) is 19.0. The lowest BCUT2D eigenvalue weighted by molar-refractivity contribution is 0.211. The van der Waals surface area contributed by atoms with Crippen molar-refractivity contribution in [2.24, 2.45) is 0 Å². The number of aryl methyl sites for hydroxylation is 1. The molecule has 0 saturated heterocycles. The van der Waals surface area contributed by atoms with Gasteiger partial charge in [-0.05, 0) is 69.6 Å². The van der Waals surface area contributed by atoms with Crippen LogP contribution in [-0.4, -0.2) is 26.2 Å². The molecular formula is C21H30N2O. The molecule has 3 heteroatoms. The van der Waals surface area contributed by atoms with Crippen LogP contribution in [0.15, 0.2) is 54.6 Å². The van der Waals surface area contributed by atoms with Crippen molar-refractivity contribution in [2.75, 3.05) is 20.1 Å². The van der Waals surface area contributed by atoms with Crippen molar-refractivity contribution >= 4 is 0 Å². The first-order valence-corrected chi connectivity index (χ1v) is 8.93. The number of ether oxygens (including phenoxy) is 1. The van der Waals surface area contributed by atoms with Crippen molar-refractivity contribution in [3.63, 3.8) is 0 Å². The van der Waals surface area contributed by atoms with Crippen LogP contribution < -0.4 is 15.4 Å². The predicted molar refractivity (Wildman–Crippen MR) is 102 cm³/mol. The Labute approximate surface area is 146 Å². The van der Waals surface area contributed by atoms with E-state index in [0.29, 0.717) is 0 Å². The molecule has 2 N–H and O–H groups in total. The van der Waals surface area contributed by atoms with Crippen LogP contribution in [0, 0.1) is 0 Å². The highest BCUT2D eigenvalue weighted by Crippen LogP contribution is 2.17. The molecule has 0 saturated carbocycles. The van der Waals surface area contributed by atoms with Gasteiger partial charge in [-0.3, -0.25) is 0 Å². The van der Waals surface area contributed by atoms with Crippen LogP contribution in [-0.2, 0) is 13.0 Å². The summed E-state index contributed by atoms with van der Waals surface area (Å²) in [5.74, 6) is 0.963. The molecule has 1 unspecified atom stereocenters. The SMILES string of the molecule is CNCCCNCc1cccc(OC(C)CCc2ccccc2)c1. The summed E-state index contributed by atoms with van der Waals surface area (Å²) in [4.78, 5) is 0. The third-order valence-corrected chi connectivity index (χ3v) is 4.03. The van der Waals surface area contributed by atoms with Gasteiger partial charge in [-0.2, -0.15) is 0 Å². The van der Waals surface area contributed by atoms with E-state index in [1.165, 1.54) is 11.1 Å². The topological polar surface area (TPSA) is 33.3 Å². The Hall–Kier alpha value is -1.84. The van der Waals surface area contributed by atoms with Crippen LogP contribution >= 0.6 is 0 Å². The summed E-state index contributed by atoms with van der Waals surface area (Å²) in [7, 11) is 1.99. The van der Waals surface area contributed by atoms with E-state index in [0.717, 1.165) is 44.6 Å². The minimum Gasteiger partial charge on any atom is -0.491 e. The van der Waals surface area contributed by atoms with Gasteiger partial charge in [0, 0.05) is 6.54 Å². The molecule has 0 fully saturated rings. The molecule has 2 aromatic carbocycles. The molecule has 0 amide bonds. The molecule has 0 heterocycles. The molecule has 24 heavy (non-hydrogen) atoms. The van der Waals surface area contributed by atoms with Crippen molar-refractivity contribution < 1.29 is 4.74 Å². The van der Waals surface area contributed by atoms with E-state index in [4.69, 9.17) is 4.74 Å². The van der Waals surface area contributed by atoms with E-state index in [2.05, 4.69) is 66.1 Å². The highest BCUT2D eigenvalue weighted by molar-refractivity contribution is 5.28. The van der Waals surface area contributed by atoms with E-state index in [9.17, 15) is 0 Å². The summed E-state index contributed by atoms with van der Waals surface area (Å²) >= 11 is 0. The summed E-state index contributed by atoms with van der Waals surface area (Å²) in [5, 5.41) is 6.63. The average Bonchev–Trinajstić information content (AvgIpc) is 2.61. The molecule has 2 aromatic rings. The summed E-state index contributed by atoms with van der Waals surface area (Å²) in [6.45, 7) is 5.11. The first-order valence-electron chi connectivity index (χ1n) is 8.93. The second-order valence-corrected chi connectivity index (χ2v) is 6.23. The van der Waals surface area contributed by atoms with Gasteiger partial charge in [-0.25, -0.2) is 0 Å². The lowest BCUT2D eigenvalue weighted by Crippen LogP contribution is -2.19. The molecule has 130 valence electrons. The van der Waals surface area contributed by atoms with Crippen LogP contribution in [0.1, 0.15) is 30.9 Å². The van der Waals surface area contributed by atoms with Gasteiger partial charge in [0.2, 0.25) is 0 Å². The molecule has 0 aliphatic carbocycles. The zero-order chi connectivity index (χ0) is 17.0. The number of benzene rings is 2. The third-order valence-electron chi connectivity index (χ3n) is 4.03. The molecule has 0 aromatic heterocycles. The average molecular weight is 326 g/mol. The van der Waals surface area contributed by atoms with Crippen molar-refractivity contribution in [1.82, 2.24) is 10.6 Å². The van der Waals surface area contributed by atoms with Gasteiger partial charge in [0.05, 0.1) is 6.10 Å². The summed E-state index contributed by atoms with van der Waals surface area (Å²) < 4.78 is 6.08. The molecule has 3 nitrogen and oxygen atoms in total. The van der Waals surface area contributed by atoms with Crippen LogP contribution in [0.3, 0.4) is 0 Å². The Morgan fingerprint density at radius 3 is 2.54 bits per heavy atom. The quantitative estimate of drug-likeness (QED) is 0.617. The first-order chi connectivity index (χ1) is 11.8. The van der Waals surface area contributed by atoms with Crippen LogP contribution in [0.25, 0.3) is 0 Å². The number of nitrogens with one attached hydrogen (secondary N) is 2. The zero-order valence-electron chi connectivity index (χ0n) is 14.9. The zero-order valence-corrected chi connectivity index (χ0v) is 14.9. The van der Waals surface area contributed by atoms with Crippen molar-refractivity contribution in [2.45, 2.75) is 38.8 Å². The van der Waals surface area contributed by atoms with Crippen molar-refractivity contribution in [1.29, 1.82) is 0 Å². The fourth-order valence-electron chi connectivity index (χ4n) is 2.66. The van der Waals surface area contributed by atoms with Crippen molar-refractivity contribution in [3.8, 4) is 5.75 Å². The number of rotatable bonds is 11. The third kappa shape index (κ3) is 7.16. The van der Waals surface area contributed by atoms with Gasteiger partial charge in [0.25, 0.3) is 0 Å². The Balaban J connectivity index is 1.74. The Morgan fingerprint density at radius 1 is 0.958 bits per heavy atom. The molecule has 2 rings (SSSR count). The standard InChI is InChI=1S/C21H30N2O/c1-18(12-13-19-8-4-3-5-9-19)24-21-11-6-10-20(16-21)17-23-15-7-14-22-2/h3-6,8-11,16,18,22-23H,7,12-15,17H2,1-2H3.